The zero-order chi connectivity index (χ0) is 16.0. The Morgan fingerprint density at radius 2 is 2.41 bits per heavy atom. The SMILES string of the molecule is COCCC1(CO)CCCN(C(=O)Cc2cnc[nH]c2=O)C1. The van der Waals surface area contributed by atoms with Crippen molar-refractivity contribution in [1.29, 1.82) is 0 Å². The zero-order valence-corrected chi connectivity index (χ0v) is 12.9. The van der Waals surface area contributed by atoms with Crippen LogP contribution < -0.4 is 5.56 Å². The van der Waals surface area contributed by atoms with Gasteiger partial charge in [0.05, 0.1) is 19.4 Å². The van der Waals surface area contributed by atoms with E-state index in [9.17, 15) is 14.7 Å². The Bertz CT molecular complexity index is 560. The number of aliphatic hydroxyl groups excluding tert-OH is 1. The Hall–Kier alpha value is -1.73. The van der Waals surface area contributed by atoms with Crippen molar-refractivity contribution in [3.05, 3.63) is 28.4 Å². The van der Waals surface area contributed by atoms with E-state index in [1.165, 1.54) is 12.5 Å². The number of hydrogen-bond donors (Lipinski definition) is 2. The number of hydrogen-bond acceptors (Lipinski definition) is 5. The molecule has 1 aromatic rings. The highest BCUT2D eigenvalue weighted by atomic mass is 16.5. The van der Waals surface area contributed by atoms with Gasteiger partial charge in [-0.1, -0.05) is 0 Å². The van der Waals surface area contributed by atoms with Crippen LogP contribution >= 0.6 is 0 Å². The van der Waals surface area contributed by atoms with Gasteiger partial charge in [-0.25, -0.2) is 4.98 Å². The van der Waals surface area contributed by atoms with Gasteiger partial charge in [-0.3, -0.25) is 9.59 Å². The predicted octanol–water partition coefficient (Wildman–Crippen LogP) is -0.0500. The van der Waals surface area contributed by atoms with E-state index in [4.69, 9.17) is 4.74 Å². The van der Waals surface area contributed by atoms with E-state index >= 15 is 0 Å². The molecule has 2 rings (SSSR count). The number of aliphatic hydroxyl groups is 1. The maximum Gasteiger partial charge on any atom is 0.254 e. The molecule has 7 heteroatoms. The summed E-state index contributed by atoms with van der Waals surface area (Å²) in [5.41, 5.74) is -0.219. The zero-order valence-electron chi connectivity index (χ0n) is 12.9. The van der Waals surface area contributed by atoms with Crippen LogP contribution in [0.25, 0.3) is 0 Å². The number of H-pyrrole nitrogens is 1. The van der Waals surface area contributed by atoms with Crippen molar-refractivity contribution >= 4 is 5.91 Å². The topological polar surface area (TPSA) is 95.5 Å². The van der Waals surface area contributed by atoms with Crippen LogP contribution in [0.2, 0.25) is 0 Å². The Morgan fingerprint density at radius 3 is 3.09 bits per heavy atom. The number of nitrogens with zero attached hydrogens (tertiary/aromatic N) is 2. The van der Waals surface area contributed by atoms with E-state index in [1.54, 1.807) is 12.0 Å². The first-order valence-electron chi connectivity index (χ1n) is 7.49. The van der Waals surface area contributed by atoms with Crippen molar-refractivity contribution in [2.24, 2.45) is 5.41 Å². The van der Waals surface area contributed by atoms with Gasteiger partial charge in [0.2, 0.25) is 5.91 Å². The van der Waals surface area contributed by atoms with Crippen molar-refractivity contribution in [3.63, 3.8) is 0 Å². The molecular weight excluding hydrogens is 286 g/mol. The number of aromatic amines is 1. The quantitative estimate of drug-likeness (QED) is 0.768. The van der Waals surface area contributed by atoms with Crippen molar-refractivity contribution in [3.8, 4) is 0 Å². The fourth-order valence-corrected chi connectivity index (χ4v) is 2.93. The highest BCUT2D eigenvalue weighted by Crippen LogP contribution is 2.33. The third-order valence-electron chi connectivity index (χ3n) is 4.32. The molecule has 122 valence electrons. The fraction of sp³-hybridized carbons (Fsp3) is 0.667. The van der Waals surface area contributed by atoms with Crippen LogP contribution in [0.4, 0.5) is 0 Å². The lowest BCUT2D eigenvalue weighted by atomic mass is 9.78. The Labute approximate surface area is 129 Å². The lowest BCUT2D eigenvalue weighted by molar-refractivity contribution is -0.135. The molecule has 2 heterocycles. The van der Waals surface area contributed by atoms with Crippen LogP contribution in [0.15, 0.2) is 17.3 Å². The molecule has 1 saturated heterocycles. The van der Waals surface area contributed by atoms with Crippen LogP contribution in [-0.4, -0.2) is 59.3 Å². The summed E-state index contributed by atoms with van der Waals surface area (Å²) in [6.45, 7) is 1.76. The number of likely N-dealkylation sites (tertiary alicyclic amines) is 1. The smallest absolute Gasteiger partial charge is 0.254 e. The van der Waals surface area contributed by atoms with Gasteiger partial charge in [0.15, 0.2) is 0 Å². The van der Waals surface area contributed by atoms with E-state index in [0.717, 1.165) is 19.3 Å². The minimum Gasteiger partial charge on any atom is -0.396 e. The van der Waals surface area contributed by atoms with E-state index < -0.39 is 0 Å². The maximum atomic E-state index is 12.4. The summed E-state index contributed by atoms with van der Waals surface area (Å²) >= 11 is 0. The predicted molar refractivity (Wildman–Crippen MR) is 80.4 cm³/mol. The molecule has 2 N–H and O–H groups in total. The number of carbonyl (C=O) groups excluding carboxylic acids is 1. The summed E-state index contributed by atoms with van der Waals surface area (Å²) in [5, 5.41) is 9.74. The van der Waals surface area contributed by atoms with Crippen molar-refractivity contribution in [2.45, 2.75) is 25.7 Å². The highest BCUT2D eigenvalue weighted by Gasteiger charge is 2.36. The molecular formula is C15H23N3O4. The molecule has 7 nitrogen and oxygen atoms in total. The summed E-state index contributed by atoms with van der Waals surface area (Å²) in [5.74, 6) is -0.103. The van der Waals surface area contributed by atoms with E-state index in [-0.39, 0.29) is 29.9 Å². The van der Waals surface area contributed by atoms with Crippen molar-refractivity contribution in [1.82, 2.24) is 14.9 Å². The number of ether oxygens (including phenoxy) is 1. The first-order chi connectivity index (χ1) is 10.6. The number of aromatic nitrogens is 2. The van der Waals surface area contributed by atoms with Gasteiger partial charge in [0.1, 0.15) is 0 Å². The Balaban J connectivity index is 2.03. The minimum absolute atomic E-state index is 0.0353. The molecule has 1 atom stereocenters. The average molecular weight is 309 g/mol. The van der Waals surface area contributed by atoms with E-state index in [0.29, 0.717) is 25.3 Å². The van der Waals surface area contributed by atoms with Gasteiger partial charge in [-0.05, 0) is 19.3 Å². The number of nitrogens with one attached hydrogen (secondary N) is 1. The van der Waals surface area contributed by atoms with Gasteiger partial charge < -0.3 is 19.7 Å². The molecule has 0 aliphatic carbocycles. The van der Waals surface area contributed by atoms with Gasteiger partial charge in [-0.15, -0.1) is 0 Å². The van der Waals surface area contributed by atoms with E-state index in [2.05, 4.69) is 9.97 Å². The normalized spacial score (nSPS) is 21.8. The van der Waals surface area contributed by atoms with Gasteiger partial charge in [-0.2, -0.15) is 0 Å². The highest BCUT2D eigenvalue weighted by molar-refractivity contribution is 5.78. The number of rotatable bonds is 6. The first-order valence-corrected chi connectivity index (χ1v) is 7.49. The second kappa shape index (κ2) is 7.51. The number of carbonyl (C=O) groups is 1. The molecule has 0 saturated carbocycles. The number of methoxy groups -OCH3 is 1. The molecule has 0 aromatic carbocycles. The monoisotopic (exact) mass is 309 g/mol. The second-order valence-electron chi connectivity index (χ2n) is 5.90. The maximum absolute atomic E-state index is 12.4. The molecule has 0 radical (unpaired) electrons. The number of amides is 1. The van der Waals surface area contributed by atoms with Crippen molar-refractivity contribution < 1.29 is 14.6 Å². The average Bonchev–Trinajstić information content (AvgIpc) is 2.55. The molecule has 1 unspecified atom stereocenters. The molecule has 1 aliphatic heterocycles. The van der Waals surface area contributed by atoms with E-state index in [1.807, 2.05) is 0 Å². The first kappa shape index (κ1) is 16.6. The Kier molecular flexibility index (Phi) is 5.68. The van der Waals surface area contributed by atoms with Crippen LogP contribution in [0.5, 0.6) is 0 Å². The summed E-state index contributed by atoms with van der Waals surface area (Å²) in [7, 11) is 1.63. The minimum atomic E-state index is -0.300. The summed E-state index contributed by atoms with van der Waals surface area (Å²) in [6.07, 6.45) is 5.21. The molecule has 1 fully saturated rings. The molecule has 1 amide bonds. The van der Waals surface area contributed by atoms with Crippen LogP contribution in [0.3, 0.4) is 0 Å². The van der Waals surface area contributed by atoms with Crippen LogP contribution in [0, 0.1) is 5.41 Å². The lowest BCUT2D eigenvalue weighted by Crippen LogP contribution is -2.49. The second-order valence-corrected chi connectivity index (χ2v) is 5.90. The summed E-state index contributed by atoms with van der Waals surface area (Å²) in [6, 6.07) is 0. The fourth-order valence-electron chi connectivity index (χ4n) is 2.93. The van der Waals surface area contributed by atoms with Gasteiger partial charge >= 0.3 is 0 Å². The van der Waals surface area contributed by atoms with Crippen LogP contribution in [-0.2, 0) is 16.0 Å². The van der Waals surface area contributed by atoms with Crippen molar-refractivity contribution in [2.75, 3.05) is 33.4 Å². The molecule has 22 heavy (non-hydrogen) atoms. The summed E-state index contributed by atoms with van der Waals surface area (Å²) < 4.78 is 5.11. The molecule has 0 bridgehead atoms. The summed E-state index contributed by atoms with van der Waals surface area (Å²) in [4.78, 5) is 32.1. The van der Waals surface area contributed by atoms with Gasteiger partial charge in [0, 0.05) is 44.0 Å². The van der Waals surface area contributed by atoms with Gasteiger partial charge in [0.25, 0.3) is 5.56 Å². The number of piperidine rings is 1. The lowest BCUT2D eigenvalue weighted by Gasteiger charge is -2.41. The molecule has 1 aliphatic rings. The third kappa shape index (κ3) is 3.92. The molecule has 1 aromatic heterocycles. The third-order valence-corrected chi connectivity index (χ3v) is 4.32. The Morgan fingerprint density at radius 1 is 1.59 bits per heavy atom. The largest absolute Gasteiger partial charge is 0.396 e. The van der Waals surface area contributed by atoms with Crippen LogP contribution in [0.1, 0.15) is 24.8 Å². The molecule has 0 spiro atoms. The standard InChI is InChI=1S/C15H23N3O4/c1-22-6-4-15(10-19)3-2-5-18(9-15)13(20)7-12-8-16-11-17-14(12)21/h8,11,19H,2-7,9-10H2,1H3,(H,16,17,21).